The Bertz CT molecular complexity index is 605. The van der Waals surface area contributed by atoms with Crippen molar-refractivity contribution in [2.24, 2.45) is 0 Å². The summed E-state index contributed by atoms with van der Waals surface area (Å²) >= 11 is 0. The summed E-state index contributed by atoms with van der Waals surface area (Å²) in [5.41, 5.74) is 5.71. The van der Waals surface area contributed by atoms with Crippen LogP contribution >= 0.6 is 0 Å². The maximum atomic E-state index is 13.9. The Morgan fingerprint density at radius 2 is 1.71 bits per heavy atom. The zero-order chi connectivity index (χ0) is 15.2. The highest BCUT2D eigenvalue weighted by molar-refractivity contribution is 5.69. The van der Waals surface area contributed by atoms with Gasteiger partial charge in [-0.25, -0.2) is 4.39 Å². The molecule has 0 heterocycles. The third kappa shape index (κ3) is 3.70. The zero-order valence-electron chi connectivity index (χ0n) is 13.2. The van der Waals surface area contributed by atoms with Crippen LogP contribution in [0.4, 0.5) is 4.39 Å². The second kappa shape index (κ2) is 7.37. The standard InChI is InChI=1S/C19H24FN/c1-4-14-7-8-15(5-2)18(11-14)16-9-10-19(20)17(12-16)13-21-6-3/h7-12,21H,4-6,13H2,1-3H3. The summed E-state index contributed by atoms with van der Waals surface area (Å²) in [4.78, 5) is 0. The first-order valence-electron chi connectivity index (χ1n) is 7.80. The topological polar surface area (TPSA) is 12.0 Å². The predicted molar refractivity (Wildman–Crippen MR) is 88.0 cm³/mol. The van der Waals surface area contributed by atoms with Gasteiger partial charge in [-0.15, -0.1) is 0 Å². The highest BCUT2D eigenvalue weighted by Gasteiger charge is 2.09. The summed E-state index contributed by atoms with van der Waals surface area (Å²) in [5, 5.41) is 3.20. The van der Waals surface area contributed by atoms with Gasteiger partial charge in [-0.1, -0.05) is 45.0 Å². The summed E-state index contributed by atoms with van der Waals surface area (Å²) in [6, 6.07) is 12.1. The molecule has 0 aliphatic carbocycles. The number of hydrogen-bond acceptors (Lipinski definition) is 1. The molecule has 1 N–H and O–H groups in total. The Kier molecular flexibility index (Phi) is 5.51. The van der Waals surface area contributed by atoms with Crippen LogP contribution in [-0.2, 0) is 19.4 Å². The summed E-state index contributed by atoms with van der Waals surface area (Å²) < 4.78 is 13.9. The lowest BCUT2D eigenvalue weighted by atomic mass is 9.94. The third-order valence-corrected chi connectivity index (χ3v) is 3.89. The van der Waals surface area contributed by atoms with Crippen LogP contribution in [0.25, 0.3) is 11.1 Å². The molecule has 0 fully saturated rings. The zero-order valence-corrected chi connectivity index (χ0v) is 13.2. The molecule has 1 nitrogen and oxygen atoms in total. The van der Waals surface area contributed by atoms with E-state index in [1.54, 1.807) is 6.07 Å². The smallest absolute Gasteiger partial charge is 0.127 e. The SMILES string of the molecule is CCNCc1cc(-c2cc(CC)ccc2CC)ccc1F. The fourth-order valence-electron chi connectivity index (χ4n) is 2.56. The second-order valence-electron chi connectivity index (χ2n) is 5.29. The minimum Gasteiger partial charge on any atom is -0.313 e. The molecule has 2 aromatic rings. The Morgan fingerprint density at radius 3 is 2.38 bits per heavy atom. The van der Waals surface area contributed by atoms with Crippen LogP contribution in [0, 0.1) is 5.82 Å². The van der Waals surface area contributed by atoms with Gasteiger partial charge in [0.15, 0.2) is 0 Å². The Balaban J connectivity index is 2.45. The van der Waals surface area contributed by atoms with Crippen LogP contribution < -0.4 is 5.32 Å². The van der Waals surface area contributed by atoms with E-state index in [-0.39, 0.29) is 5.82 Å². The summed E-state index contributed by atoms with van der Waals surface area (Å²) in [6.45, 7) is 7.77. The molecule has 0 saturated heterocycles. The quantitative estimate of drug-likeness (QED) is 0.809. The summed E-state index contributed by atoms with van der Waals surface area (Å²) in [7, 11) is 0. The molecule has 0 atom stereocenters. The number of aryl methyl sites for hydroxylation is 2. The molecule has 0 aliphatic rings. The van der Waals surface area contributed by atoms with Crippen LogP contribution in [-0.4, -0.2) is 6.54 Å². The van der Waals surface area contributed by atoms with Gasteiger partial charge in [-0.3, -0.25) is 0 Å². The Morgan fingerprint density at radius 1 is 0.905 bits per heavy atom. The number of nitrogens with one attached hydrogen (secondary N) is 1. The fraction of sp³-hybridized carbons (Fsp3) is 0.368. The van der Waals surface area contributed by atoms with E-state index in [1.807, 2.05) is 19.1 Å². The van der Waals surface area contributed by atoms with Crippen molar-refractivity contribution in [3.63, 3.8) is 0 Å². The number of hydrogen-bond donors (Lipinski definition) is 1. The van der Waals surface area contributed by atoms with Gasteiger partial charge in [0, 0.05) is 12.1 Å². The van der Waals surface area contributed by atoms with Gasteiger partial charge in [0.1, 0.15) is 5.82 Å². The highest BCUT2D eigenvalue weighted by atomic mass is 19.1. The molecule has 0 radical (unpaired) electrons. The average Bonchev–Trinajstić information content (AvgIpc) is 2.53. The molecule has 0 aliphatic heterocycles. The molecule has 0 aromatic heterocycles. The fourth-order valence-corrected chi connectivity index (χ4v) is 2.56. The van der Waals surface area contributed by atoms with E-state index >= 15 is 0 Å². The third-order valence-electron chi connectivity index (χ3n) is 3.89. The molecule has 2 rings (SSSR count). The molecular formula is C19H24FN. The number of benzene rings is 2. The Labute approximate surface area is 127 Å². The number of rotatable bonds is 6. The first kappa shape index (κ1) is 15.7. The van der Waals surface area contributed by atoms with E-state index in [9.17, 15) is 4.39 Å². The van der Waals surface area contributed by atoms with E-state index in [1.165, 1.54) is 16.7 Å². The normalized spacial score (nSPS) is 10.9. The molecule has 0 bridgehead atoms. The van der Waals surface area contributed by atoms with Crippen LogP contribution in [0.1, 0.15) is 37.5 Å². The minimum absolute atomic E-state index is 0.135. The van der Waals surface area contributed by atoms with E-state index in [0.29, 0.717) is 6.54 Å². The molecule has 0 unspecified atom stereocenters. The van der Waals surface area contributed by atoms with Gasteiger partial charge >= 0.3 is 0 Å². The summed E-state index contributed by atoms with van der Waals surface area (Å²) in [6.07, 6.45) is 2.00. The van der Waals surface area contributed by atoms with E-state index in [2.05, 4.69) is 37.4 Å². The van der Waals surface area contributed by atoms with Crippen molar-refractivity contribution < 1.29 is 4.39 Å². The second-order valence-corrected chi connectivity index (χ2v) is 5.29. The lowest BCUT2D eigenvalue weighted by Gasteiger charge is -2.12. The lowest BCUT2D eigenvalue weighted by molar-refractivity contribution is 0.593. The molecule has 112 valence electrons. The maximum Gasteiger partial charge on any atom is 0.127 e. The maximum absolute atomic E-state index is 13.9. The lowest BCUT2D eigenvalue weighted by Crippen LogP contribution is -2.13. The number of halogens is 1. The molecule has 0 spiro atoms. The van der Waals surface area contributed by atoms with Crippen LogP contribution in [0.15, 0.2) is 36.4 Å². The van der Waals surface area contributed by atoms with Crippen LogP contribution in [0.5, 0.6) is 0 Å². The van der Waals surface area contributed by atoms with Crippen molar-refractivity contribution in [3.8, 4) is 11.1 Å². The van der Waals surface area contributed by atoms with Crippen molar-refractivity contribution in [3.05, 3.63) is 58.9 Å². The van der Waals surface area contributed by atoms with Crippen molar-refractivity contribution in [2.45, 2.75) is 40.2 Å². The highest BCUT2D eigenvalue weighted by Crippen LogP contribution is 2.27. The van der Waals surface area contributed by atoms with Crippen LogP contribution in [0.2, 0.25) is 0 Å². The van der Waals surface area contributed by atoms with E-state index in [0.717, 1.165) is 30.5 Å². The molecule has 2 aromatic carbocycles. The summed E-state index contributed by atoms with van der Waals surface area (Å²) in [5.74, 6) is -0.135. The first-order valence-corrected chi connectivity index (χ1v) is 7.80. The van der Waals surface area contributed by atoms with Crippen molar-refractivity contribution in [2.75, 3.05) is 6.54 Å². The largest absolute Gasteiger partial charge is 0.313 e. The molecule has 2 heteroatoms. The average molecular weight is 285 g/mol. The molecule has 0 saturated carbocycles. The van der Waals surface area contributed by atoms with Crippen LogP contribution in [0.3, 0.4) is 0 Å². The van der Waals surface area contributed by atoms with Gasteiger partial charge in [-0.05, 0) is 53.8 Å². The van der Waals surface area contributed by atoms with E-state index < -0.39 is 0 Å². The van der Waals surface area contributed by atoms with Gasteiger partial charge in [0.05, 0.1) is 0 Å². The molecule has 0 amide bonds. The van der Waals surface area contributed by atoms with Crippen molar-refractivity contribution in [1.29, 1.82) is 0 Å². The molecule has 21 heavy (non-hydrogen) atoms. The van der Waals surface area contributed by atoms with Gasteiger partial charge < -0.3 is 5.32 Å². The Hall–Kier alpha value is -1.67. The van der Waals surface area contributed by atoms with Gasteiger partial charge in [-0.2, -0.15) is 0 Å². The van der Waals surface area contributed by atoms with Crippen molar-refractivity contribution in [1.82, 2.24) is 5.32 Å². The predicted octanol–water partition coefficient (Wildman–Crippen LogP) is 4.73. The van der Waals surface area contributed by atoms with E-state index in [4.69, 9.17) is 0 Å². The molecular weight excluding hydrogens is 261 g/mol. The first-order chi connectivity index (χ1) is 10.2. The van der Waals surface area contributed by atoms with Crippen molar-refractivity contribution >= 4 is 0 Å². The minimum atomic E-state index is -0.135. The van der Waals surface area contributed by atoms with Gasteiger partial charge in [0.2, 0.25) is 0 Å². The van der Waals surface area contributed by atoms with Gasteiger partial charge in [0.25, 0.3) is 0 Å². The monoisotopic (exact) mass is 285 g/mol.